The van der Waals surface area contributed by atoms with Crippen LogP contribution in [0.4, 0.5) is 0 Å². The van der Waals surface area contributed by atoms with E-state index < -0.39 is 10.0 Å². The lowest BCUT2D eigenvalue weighted by molar-refractivity contribution is 0.167. The Kier molecular flexibility index (Phi) is 3.93. The van der Waals surface area contributed by atoms with Gasteiger partial charge in [0, 0.05) is 31.9 Å². The van der Waals surface area contributed by atoms with Crippen molar-refractivity contribution in [3.8, 4) is 11.5 Å². The van der Waals surface area contributed by atoms with Gasteiger partial charge in [-0.25, -0.2) is 18.1 Å². The molecule has 0 amide bonds. The molecule has 24 heavy (non-hydrogen) atoms. The Morgan fingerprint density at radius 1 is 1.29 bits per heavy atom. The fourth-order valence-corrected chi connectivity index (χ4v) is 4.43. The highest BCUT2D eigenvalue weighted by Crippen LogP contribution is 2.36. The molecule has 8 heteroatoms. The Hall–Kier alpha value is -2.06. The Morgan fingerprint density at radius 2 is 2.17 bits per heavy atom. The number of rotatable bonds is 4. The number of aryl methyl sites for hydroxylation is 1. The van der Waals surface area contributed by atoms with Crippen molar-refractivity contribution in [3.05, 3.63) is 36.4 Å². The highest BCUT2D eigenvalue weighted by molar-refractivity contribution is 7.89. The van der Waals surface area contributed by atoms with E-state index in [4.69, 9.17) is 9.47 Å². The molecule has 7 nitrogen and oxygen atoms in total. The Balaban J connectivity index is 1.49. The predicted octanol–water partition coefficient (Wildman–Crippen LogP) is 1.20. The monoisotopic (exact) mass is 349 g/mol. The van der Waals surface area contributed by atoms with E-state index in [-0.39, 0.29) is 10.8 Å². The van der Waals surface area contributed by atoms with E-state index in [1.54, 1.807) is 24.4 Å². The Morgan fingerprint density at radius 3 is 3.08 bits per heavy atom. The van der Waals surface area contributed by atoms with Crippen molar-refractivity contribution < 1.29 is 17.9 Å². The maximum absolute atomic E-state index is 12.7. The van der Waals surface area contributed by atoms with Crippen LogP contribution in [-0.2, 0) is 23.0 Å². The number of imidazole rings is 1. The number of nitrogens with zero attached hydrogens (tertiary/aromatic N) is 2. The summed E-state index contributed by atoms with van der Waals surface area (Å²) in [7, 11) is -3.65. The third-order valence-electron chi connectivity index (χ3n) is 4.43. The van der Waals surface area contributed by atoms with Crippen LogP contribution >= 0.6 is 0 Å². The second kappa shape index (κ2) is 6.10. The number of sulfonamides is 1. The van der Waals surface area contributed by atoms with E-state index in [9.17, 15) is 8.42 Å². The van der Waals surface area contributed by atoms with Gasteiger partial charge in [0.25, 0.3) is 0 Å². The number of aromatic nitrogens is 2. The van der Waals surface area contributed by atoms with Crippen LogP contribution in [-0.4, -0.2) is 37.7 Å². The molecule has 1 atom stereocenters. The summed E-state index contributed by atoms with van der Waals surface area (Å²) in [5.74, 6) is 2.03. The van der Waals surface area contributed by atoms with Crippen LogP contribution in [0.1, 0.15) is 12.2 Å². The van der Waals surface area contributed by atoms with Crippen molar-refractivity contribution in [1.29, 1.82) is 0 Å². The van der Waals surface area contributed by atoms with Crippen LogP contribution in [0.5, 0.6) is 11.5 Å². The van der Waals surface area contributed by atoms with Crippen LogP contribution in [0.3, 0.4) is 0 Å². The molecule has 128 valence electrons. The number of fused-ring (bicyclic) bond motifs is 2. The second-order valence-electron chi connectivity index (χ2n) is 6.03. The normalized spacial score (nSPS) is 19.8. The number of nitrogens with one attached hydrogen (secondary N) is 1. The van der Waals surface area contributed by atoms with Crippen molar-refractivity contribution >= 4 is 10.0 Å². The molecule has 0 bridgehead atoms. The van der Waals surface area contributed by atoms with E-state index in [2.05, 4.69) is 14.3 Å². The first kappa shape index (κ1) is 15.5. The first-order valence-electron chi connectivity index (χ1n) is 8.02. The minimum Gasteiger partial charge on any atom is -0.486 e. The maximum atomic E-state index is 12.7. The number of ether oxygens (including phenoxy) is 2. The fraction of sp³-hybridized carbons (Fsp3) is 0.438. The van der Waals surface area contributed by atoms with E-state index in [1.165, 1.54) is 0 Å². The molecule has 0 spiro atoms. The topological polar surface area (TPSA) is 82.5 Å². The molecule has 3 heterocycles. The molecule has 1 aromatic carbocycles. The zero-order valence-electron chi connectivity index (χ0n) is 13.1. The lowest BCUT2D eigenvalue weighted by Crippen LogP contribution is -2.33. The van der Waals surface area contributed by atoms with Crippen LogP contribution in [0.15, 0.2) is 35.5 Å². The summed E-state index contributed by atoms with van der Waals surface area (Å²) < 4.78 is 41.1. The average Bonchev–Trinajstić information content (AvgIpc) is 3.07. The quantitative estimate of drug-likeness (QED) is 0.897. The van der Waals surface area contributed by atoms with Gasteiger partial charge in [0.05, 0.1) is 0 Å². The zero-order chi connectivity index (χ0) is 16.6. The van der Waals surface area contributed by atoms with Gasteiger partial charge in [-0.3, -0.25) is 0 Å². The molecule has 0 saturated carbocycles. The van der Waals surface area contributed by atoms with Crippen molar-refractivity contribution in [2.75, 3.05) is 19.8 Å². The third-order valence-corrected chi connectivity index (χ3v) is 5.88. The Labute approximate surface area is 140 Å². The Bertz CT molecular complexity index is 847. The van der Waals surface area contributed by atoms with Crippen LogP contribution in [0.2, 0.25) is 0 Å². The average molecular weight is 349 g/mol. The summed E-state index contributed by atoms with van der Waals surface area (Å²) in [6.07, 6.45) is 5.46. The minimum atomic E-state index is -3.65. The van der Waals surface area contributed by atoms with Crippen molar-refractivity contribution in [2.24, 2.45) is 5.92 Å². The number of para-hydroxylation sites is 1. The third kappa shape index (κ3) is 2.87. The zero-order valence-corrected chi connectivity index (χ0v) is 14.0. The highest BCUT2D eigenvalue weighted by atomic mass is 32.2. The van der Waals surface area contributed by atoms with Gasteiger partial charge in [-0.15, -0.1) is 0 Å². The first-order chi connectivity index (χ1) is 11.6. The fourth-order valence-electron chi connectivity index (χ4n) is 3.15. The molecule has 0 saturated heterocycles. The van der Waals surface area contributed by atoms with Gasteiger partial charge < -0.3 is 14.0 Å². The van der Waals surface area contributed by atoms with Gasteiger partial charge in [-0.2, -0.15) is 0 Å². The standard InChI is InChI=1S/C16H19N3O4S/c20-24(21,14-3-1-2-13-16(14)23-9-8-22-13)18-11-12-4-6-19-7-5-17-15(19)10-12/h1-3,5,7,12,18H,4,6,8-11H2/t12-/m0/s1. The SMILES string of the molecule is O=S(=O)(NC[C@H]1CCn2ccnc2C1)c1cccc2c1OCCO2. The molecule has 4 rings (SSSR count). The number of benzene rings is 1. The predicted molar refractivity (Wildman–Crippen MR) is 86.7 cm³/mol. The molecule has 1 N–H and O–H groups in total. The van der Waals surface area contributed by atoms with Crippen LogP contribution in [0, 0.1) is 5.92 Å². The molecular formula is C16H19N3O4S. The summed E-state index contributed by atoms with van der Waals surface area (Å²) in [5, 5.41) is 0. The van der Waals surface area contributed by atoms with Gasteiger partial charge in [0.1, 0.15) is 23.9 Å². The number of hydrogen-bond acceptors (Lipinski definition) is 5. The molecule has 0 unspecified atom stereocenters. The molecule has 2 aliphatic rings. The van der Waals surface area contributed by atoms with Crippen molar-refractivity contribution in [2.45, 2.75) is 24.3 Å². The smallest absolute Gasteiger partial charge is 0.244 e. The van der Waals surface area contributed by atoms with Crippen LogP contribution < -0.4 is 14.2 Å². The van der Waals surface area contributed by atoms with E-state index >= 15 is 0 Å². The van der Waals surface area contributed by atoms with Gasteiger partial charge in [-0.05, 0) is 24.5 Å². The van der Waals surface area contributed by atoms with Gasteiger partial charge in [-0.1, -0.05) is 6.07 Å². The largest absolute Gasteiger partial charge is 0.486 e. The highest BCUT2D eigenvalue weighted by Gasteiger charge is 2.27. The van der Waals surface area contributed by atoms with E-state index in [1.807, 2.05) is 6.20 Å². The van der Waals surface area contributed by atoms with Gasteiger partial charge in [0.2, 0.25) is 10.0 Å². The molecule has 0 aliphatic carbocycles. The minimum absolute atomic E-state index is 0.136. The summed E-state index contributed by atoms with van der Waals surface area (Å²) >= 11 is 0. The number of hydrogen-bond donors (Lipinski definition) is 1. The van der Waals surface area contributed by atoms with Crippen LogP contribution in [0.25, 0.3) is 0 Å². The van der Waals surface area contributed by atoms with Crippen molar-refractivity contribution in [1.82, 2.24) is 14.3 Å². The molecule has 2 aromatic rings. The lowest BCUT2D eigenvalue weighted by atomic mass is 9.98. The summed E-state index contributed by atoms with van der Waals surface area (Å²) in [5.41, 5.74) is 0. The summed E-state index contributed by atoms with van der Waals surface area (Å²) in [6, 6.07) is 4.93. The molecular weight excluding hydrogens is 330 g/mol. The molecule has 0 fully saturated rings. The lowest BCUT2D eigenvalue weighted by Gasteiger charge is -2.24. The van der Waals surface area contributed by atoms with Crippen molar-refractivity contribution in [3.63, 3.8) is 0 Å². The van der Waals surface area contributed by atoms with Gasteiger partial charge in [0.15, 0.2) is 11.5 Å². The molecule has 1 aromatic heterocycles. The van der Waals surface area contributed by atoms with E-state index in [0.29, 0.717) is 31.3 Å². The second-order valence-corrected chi connectivity index (χ2v) is 7.76. The first-order valence-corrected chi connectivity index (χ1v) is 9.50. The summed E-state index contributed by atoms with van der Waals surface area (Å²) in [6.45, 7) is 2.04. The summed E-state index contributed by atoms with van der Waals surface area (Å²) in [4.78, 5) is 4.45. The van der Waals surface area contributed by atoms with Gasteiger partial charge >= 0.3 is 0 Å². The molecule has 0 radical (unpaired) electrons. The maximum Gasteiger partial charge on any atom is 0.244 e. The van der Waals surface area contributed by atoms with E-state index in [0.717, 1.165) is 25.2 Å². The molecule has 2 aliphatic heterocycles.